The third kappa shape index (κ3) is 25.6. The standard InChI is InChI=1S/C27H27N9O2S.C19H25N9O2S.C17H23N9O2S.C16H20N10O2S/c28-26-33-27(32-22-11-13-23(14-12-22)39(29,37)38)34-36(26)25-17-24(30-19-31-25)35(18-21-9-5-2-6-10-21)16-15-20-7-3-1-4-8-20;1-2-9-27(11-13-3-4-13)16-10-17(23-12-22-16)28-18(20)25-19(26-28)24-14-5-7-15(8-6-14)31(21,29)30;1-17(2,3)9-20-13-8-14(22-10-21-13)26-15(18)24-16(25-26)23-11-4-6-12(7-5-11)29(19,27)28;17-15-23-16(22-11-1-3-12(4-2-11)29(18,27)28)24-26(15)14-9-13(20-10-21-14)25-7-5-19-6-8-25/h1-14,17,19H,15-16,18H2,(H2,29,37,38)(H3,28,32,33,34);5-8,10,12-13H,2-4,9,11H2,1H3,(H2,21,29,30)(H3,20,24,25,26);4-8,10H,9H2,1-3H3,(H2,19,27,28)(H,20,21,22)(H3,18,23,24,25);1-4,9-10,19H,5-8H2,(H2,18,27,28)(H3,17,22,23,24). The van der Waals surface area contributed by atoms with Gasteiger partial charge in [-0.05, 0) is 145 Å². The van der Waals surface area contributed by atoms with Crippen molar-refractivity contribution in [2.24, 2.45) is 31.9 Å². The molecule has 128 heavy (non-hydrogen) atoms. The van der Waals surface area contributed by atoms with Crippen molar-refractivity contribution >= 4 is 134 Å². The van der Waals surface area contributed by atoms with Crippen molar-refractivity contribution < 1.29 is 33.7 Å². The van der Waals surface area contributed by atoms with Crippen LogP contribution in [0.5, 0.6) is 0 Å². The number of nitrogens with one attached hydrogen (secondary N) is 6. The van der Waals surface area contributed by atoms with E-state index in [4.69, 9.17) is 43.5 Å². The van der Waals surface area contributed by atoms with Crippen LogP contribution in [0.1, 0.15) is 58.1 Å². The maximum Gasteiger partial charge on any atom is 0.248 e. The van der Waals surface area contributed by atoms with Crippen LogP contribution in [0.15, 0.2) is 227 Å². The molecule has 2 fully saturated rings. The summed E-state index contributed by atoms with van der Waals surface area (Å²) in [5, 5.41) is 56.4. The molecule has 1 aliphatic carbocycles. The fourth-order valence-electron chi connectivity index (χ4n) is 12.5. The highest BCUT2D eigenvalue weighted by atomic mass is 32.2. The van der Waals surface area contributed by atoms with Crippen molar-refractivity contribution in [2.45, 2.75) is 79.5 Å². The fourth-order valence-corrected chi connectivity index (χ4v) is 14.5. The van der Waals surface area contributed by atoms with E-state index in [9.17, 15) is 33.7 Å². The Morgan fingerprint density at radius 2 is 0.758 bits per heavy atom. The predicted molar refractivity (Wildman–Crippen MR) is 486 cm³/mol. The number of rotatable bonds is 30. The molecule has 668 valence electrons. The van der Waals surface area contributed by atoms with E-state index in [2.05, 4.69) is 179 Å². The Bertz CT molecular complexity index is 6590. The first-order valence-electron chi connectivity index (χ1n) is 39.7. The number of primary sulfonamides is 4. The molecule has 0 spiro atoms. The van der Waals surface area contributed by atoms with Crippen molar-refractivity contribution in [2.75, 3.05) is 117 Å². The summed E-state index contributed by atoms with van der Waals surface area (Å²) in [4.78, 5) is 58.1. The van der Waals surface area contributed by atoms with Crippen molar-refractivity contribution in [3.8, 4) is 23.3 Å². The summed E-state index contributed by atoms with van der Waals surface area (Å²) in [7, 11) is -15.0. The molecule has 6 aromatic carbocycles. The molecular formula is C79H95N37O8S4. The number of anilines is 16. The van der Waals surface area contributed by atoms with E-state index >= 15 is 0 Å². The van der Waals surface area contributed by atoms with Gasteiger partial charge in [0.2, 0.25) is 87.7 Å². The van der Waals surface area contributed by atoms with Gasteiger partial charge in [-0.2, -0.15) is 38.7 Å². The molecule has 0 bridgehead atoms. The molecule has 0 amide bonds. The highest BCUT2D eigenvalue weighted by Crippen LogP contribution is 2.33. The van der Waals surface area contributed by atoms with Crippen LogP contribution < -0.4 is 90.1 Å². The maximum absolute atomic E-state index is 11.5. The number of nitrogens with two attached hydrogens (primary N) is 8. The molecular weight excluding hydrogens is 1720 g/mol. The van der Waals surface area contributed by atoms with E-state index in [1.54, 1.807) is 60.7 Å². The largest absolute Gasteiger partial charge is 0.369 e. The third-order valence-corrected chi connectivity index (χ3v) is 22.7. The lowest BCUT2D eigenvalue weighted by molar-refractivity contribution is 0.442. The number of nitrogens with zero attached hydrogens (tertiary/aromatic N) is 23. The number of piperazine rings is 1. The van der Waals surface area contributed by atoms with Gasteiger partial charge in [0.1, 0.15) is 48.6 Å². The van der Waals surface area contributed by atoms with Gasteiger partial charge in [0, 0.05) is 106 Å². The summed E-state index contributed by atoms with van der Waals surface area (Å²) in [5.41, 5.74) is 29.0. The molecule has 9 heterocycles. The van der Waals surface area contributed by atoms with Gasteiger partial charge in [0.05, 0.1) is 19.6 Å². The van der Waals surface area contributed by atoms with Gasteiger partial charge in [0.15, 0.2) is 23.3 Å². The number of nitrogen functional groups attached to an aromatic ring is 4. The second-order valence-electron chi connectivity index (χ2n) is 30.2. The van der Waals surface area contributed by atoms with Crippen LogP contribution in [0, 0.1) is 11.3 Å². The Kier molecular flexibility index (Phi) is 28.6. The Morgan fingerprint density at radius 3 is 1.12 bits per heavy atom. The minimum absolute atomic E-state index is 0.00638. The average Bonchev–Trinajstić information content (AvgIpc) is 1.67. The van der Waals surface area contributed by atoms with Crippen molar-refractivity contribution in [3.05, 3.63) is 218 Å². The van der Waals surface area contributed by atoms with E-state index in [1.807, 2.05) is 48.5 Å². The van der Waals surface area contributed by atoms with Crippen LogP contribution >= 0.6 is 0 Å². The highest BCUT2D eigenvalue weighted by Gasteiger charge is 2.27. The first-order valence-corrected chi connectivity index (χ1v) is 45.8. The zero-order chi connectivity index (χ0) is 90.9. The van der Waals surface area contributed by atoms with Gasteiger partial charge in [-0.3, -0.25) is 0 Å². The molecule has 1 saturated heterocycles. The first-order chi connectivity index (χ1) is 61.1. The van der Waals surface area contributed by atoms with Crippen LogP contribution in [0.25, 0.3) is 23.3 Å². The van der Waals surface area contributed by atoms with Gasteiger partial charge < -0.3 is 69.5 Å². The van der Waals surface area contributed by atoms with Gasteiger partial charge in [0.25, 0.3) is 0 Å². The summed E-state index contributed by atoms with van der Waals surface area (Å²) in [6.45, 7) is 16.0. The number of hydrogen-bond donors (Lipinski definition) is 14. The third-order valence-electron chi connectivity index (χ3n) is 19.0. The molecule has 49 heteroatoms. The van der Waals surface area contributed by atoms with Gasteiger partial charge >= 0.3 is 0 Å². The smallest absolute Gasteiger partial charge is 0.248 e. The van der Waals surface area contributed by atoms with Gasteiger partial charge in [-0.25, -0.2) is 94.1 Å². The lowest BCUT2D eigenvalue weighted by Gasteiger charge is -2.28. The van der Waals surface area contributed by atoms with Crippen LogP contribution in [0.4, 0.5) is 93.6 Å². The maximum atomic E-state index is 11.5. The normalized spacial score (nSPS) is 12.9. The second kappa shape index (κ2) is 40.1. The average molecular weight is 1820 g/mol. The molecule has 0 atom stereocenters. The minimum atomic E-state index is -3.78. The summed E-state index contributed by atoms with van der Waals surface area (Å²) in [5.74, 6) is 7.19. The van der Waals surface area contributed by atoms with Crippen molar-refractivity contribution in [3.63, 3.8) is 0 Å². The molecule has 0 radical (unpaired) electrons. The fraction of sp³-hybridized carbons (Fsp3) is 0.241. The number of aromatic nitrogens is 20. The quantitative estimate of drug-likeness (QED) is 0.0250. The zero-order valence-electron chi connectivity index (χ0n) is 69.7. The topological polar surface area (TPSA) is 653 Å². The zero-order valence-corrected chi connectivity index (χ0v) is 73.0. The SMILES string of the molecule is CC(C)(C)CNc1cc(-n2nc(Nc3ccc(S(N)(=O)=O)cc3)nc2N)ncn1.CCCN(CC1CC1)c1cc(-n2nc(Nc3ccc(S(N)(=O)=O)cc3)nc2N)ncn1.Nc1nc(Nc2ccc(S(N)(=O)=O)cc2)nn1-c1cc(N(CCc2ccccc2)Cc2ccccc2)ncn1.Nc1nc(Nc2ccc(S(N)(=O)=O)cc2)nn1-c1cc(N2CCNCC2)ncn1. The molecule has 22 N–H and O–H groups in total. The van der Waals surface area contributed by atoms with E-state index in [0.717, 1.165) is 94.1 Å². The Balaban J connectivity index is 0.000000147. The number of benzene rings is 6. The summed E-state index contributed by atoms with van der Waals surface area (Å²) >= 11 is 0. The lowest BCUT2D eigenvalue weighted by atomic mass is 9.97. The van der Waals surface area contributed by atoms with E-state index in [0.29, 0.717) is 58.4 Å². The molecule has 0 unspecified atom stereocenters. The molecule has 1 aliphatic heterocycles. The Morgan fingerprint density at radius 1 is 0.414 bits per heavy atom. The second-order valence-corrected chi connectivity index (χ2v) is 36.5. The van der Waals surface area contributed by atoms with E-state index in [1.165, 1.54) is 111 Å². The van der Waals surface area contributed by atoms with Crippen molar-refractivity contribution in [1.29, 1.82) is 0 Å². The highest BCUT2D eigenvalue weighted by molar-refractivity contribution is 7.90. The van der Waals surface area contributed by atoms with Gasteiger partial charge in [-0.1, -0.05) is 88.4 Å². The monoisotopic (exact) mass is 1820 g/mol. The number of hydrogen-bond acceptors (Lipinski definition) is 37. The summed E-state index contributed by atoms with van der Waals surface area (Å²) < 4.78 is 96.8. The van der Waals surface area contributed by atoms with Gasteiger partial charge in [-0.15, -0.1) is 20.4 Å². The molecule has 14 aromatic rings. The predicted octanol–water partition coefficient (Wildman–Crippen LogP) is 5.87. The first kappa shape index (κ1) is 91.1. The minimum Gasteiger partial charge on any atom is -0.369 e. The van der Waals surface area contributed by atoms with E-state index in [-0.39, 0.29) is 72.6 Å². The van der Waals surface area contributed by atoms with Crippen molar-refractivity contribution in [1.82, 2.24) is 104 Å². The Hall–Kier alpha value is -14.6. The molecule has 1 saturated carbocycles. The summed E-state index contributed by atoms with van der Waals surface area (Å²) in [6, 6.07) is 51.3. The lowest BCUT2D eigenvalue weighted by Crippen LogP contribution is -2.43. The van der Waals surface area contributed by atoms with Crippen LogP contribution in [-0.4, -0.2) is 185 Å². The van der Waals surface area contributed by atoms with Crippen LogP contribution in [0.2, 0.25) is 0 Å². The molecule has 16 rings (SSSR count). The summed E-state index contributed by atoms with van der Waals surface area (Å²) in [6.07, 6.45) is 10.3. The molecule has 2 aliphatic rings. The Labute approximate surface area is 737 Å². The van der Waals surface area contributed by atoms with Crippen LogP contribution in [-0.2, 0) is 53.1 Å². The molecule has 8 aromatic heterocycles. The molecule has 45 nitrogen and oxygen atoms in total. The van der Waals surface area contributed by atoms with Crippen LogP contribution in [0.3, 0.4) is 0 Å². The number of sulfonamides is 4. The van der Waals surface area contributed by atoms with E-state index < -0.39 is 40.1 Å².